The van der Waals surface area contributed by atoms with Gasteiger partial charge in [0, 0.05) is 37.7 Å². The van der Waals surface area contributed by atoms with Crippen molar-refractivity contribution < 1.29 is 24.1 Å². The van der Waals surface area contributed by atoms with Crippen LogP contribution < -0.4 is 5.32 Å². The van der Waals surface area contributed by atoms with Crippen LogP contribution in [0.5, 0.6) is 0 Å². The van der Waals surface area contributed by atoms with Crippen LogP contribution in [-0.4, -0.2) is 64.8 Å². The number of aliphatic hydroxyl groups is 1. The van der Waals surface area contributed by atoms with Crippen LogP contribution in [0.4, 0.5) is 0 Å². The van der Waals surface area contributed by atoms with Crippen molar-refractivity contribution in [3.05, 3.63) is 131 Å². The molecule has 2 N–H and O–H groups in total. The Labute approximate surface area is 280 Å². The molecule has 9 heteroatoms. The van der Waals surface area contributed by atoms with Gasteiger partial charge in [0.1, 0.15) is 5.69 Å². The van der Waals surface area contributed by atoms with Crippen LogP contribution in [-0.2, 0) is 27.4 Å². The molecule has 246 valence electrons. The number of hydrogen-bond donors (Lipinski definition) is 2. The molecule has 0 saturated carbocycles. The Morgan fingerprint density at radius 3 is 2.38 bits per heavy atom. The highest BCUT2D eigenvalue weighted by atomic mass is 16.7. The second kappa shape index (κ2) is 14.7. The molecule has 0 aliphatic carbocycles. The second-order valence-corrected chi connectivity index (χ2v) is 12.5. The molecular formula is C39H40N4O5. The molecule has 0 unspecified atom stereocenters. The number of amides is 1. The fourth-order valence-electron chi connectivity index (χ4n) is 6.40. The molecule has 3 heterocycles. The monoisotopic (exact) mass is 644 g/mol. The number of benzene rings is 4. The molecular weight excluding hydrogens is 604 g/mol. The Balaban J connectivity index is 1.05. The van der Waals surface area contributed by atoms with E-state index in [0.29, 0.717) is 17.8 Å². The predicted molar refractivity (Wildman–Crippen MR) is 183 cm³/mol. The summed E-state index contributed by atoms with van der Waals surface area (Å²) in [5.74, 6) is -0.140. The third-order valence-corrected chi connectivity index (χ3v) is 9.24. The molecule has 0 spiro atoms. The topological polar surface area (TPSA) is 106 Å². The number of aromatic nitrogens is 2. The number of fused-ring (bicyclic) bond motifs is 1. The molecule has 5 aromatic rings. The van der Waals surface area contributed by atoms with E-state index in [1.807, 2.05) is 48.5 Å². The summed E-state index contributed by atoms with van der Waals surface area (Å²) in [7, 11) is 0. The van der Waals surface area contributed by atoms with Crippen molar-refractivity contribution in [3.63, 3.8) is 0 Å². The fourth-order valence-corrected chi connectivity index (χ4v) is 6.40. The SMILES string of the molecule is C[C@H]1[C@@H](CN2CCOCC2)O[C@@H](c2ccc(-c3cccc(CNC(=O)c4cnc5ccccc5n4)c3)cc2)O[C@H]1c1ccc(CO)cc1. The number of ether oxygens (including phenoxy) is 3. The van der Waals surface area contributed by atoms with Crippen LogP contribution in [0.3, 0.4) is 0 Å². The molecule has 4 atom stereocenters. The first-order valence-electron chi connectivity index (χ1n) is 16.5. The average Bonchev–Trinajstić information content (AvgIpc) is 3.15. The van der Waals surface area contributed by atoms with Crippen molar-refractivity contribution in [3.8, 4) is 11.1 Å². The zero-order chi connectivity index (χ0) is 32.9. The van der Waals surface area contributed by atoms with E-state index in [-0.39, 0.29) is 30.6 Å². The highest BCUT2D eigenvalue weighted by Gasteiger charge is 2.39. The maximum absolute atomic E-state index is 12.8. The molecule has 4 aromatic carbocycles. The van der Waals surface area contributed by atoms with Crippen molar-refractivity contribution in [2.24, 2.45) is 5.92 Å². The molecule has 1 amide bonds. The number of carbonyl (C=O) groups excluding carboxylic acids is 1. The normalized spacial score (nSPS) is 21.6. The number of hydrogen-bond acceptors (Lipinski definition) is 8. The van der Waals surface area contributed by atoms with Gasteiger partial charge in [-0.2, -0.15) is 0 Å². The second-order valence-electron chi connectivity index (χ2n) is 12.5. The van der Waals surface area contributed by atoms with Crippen molar-refractivity contribution in [1.29, 1.82) is 0 Å². The minimum atomic E-state index is -0.524. The van der Waals surface area contributed by atoms with Gasteiger partial charge in [0.15, 0.2) is 6.29 Å². The van der Waals surface area contributed by atoms with Crippen LogP contribution in [0, 0.1) is 5.92 Å². The maximum Gasteiger partial charge on any atom is 0.271 e. The summed E-state index contributed by atoms with van der Waals surface area (Å²) in [6.07, 6.45) is 0.797. The first-order chi connectivity index (χ1) is 23.5. The van der Waals surface area contributed by atoms with Crippen LogP contribution in [0.15, 0.2) is 103 Å². The fraction of sp³-hybridized carbons (Fsp3) is 0.308. The van der Waals surface area contributed by atoms with E-state index in [1.54, 1.807) is 0 Å². The number of aliphatic hydroxyl groups excluding tert-OH is 1. The zero-order valence-electron chi connectivity index (χ0n) is 27.0. The Bertz CT molecular complexity index is 1840. The summed E-state index contributed by atoms with van der Waals surface area (Å²) in [5.41, 5.74) is 7.72. The highest BCUT2D eigenvalue weighted by molar-refractivity contribution is 5.93. The summed E-state index contributed by atoms with van der Waals surface area (Å²) in [5, 5.41) is 12.5. The molecule has 2 saturated heterocycles. The molecule has 48 heavy (non-hydrogen) atoms. The van der Waals surface area contributed by atoms with Crippen LogP contribution in [0.25, 0.3) is 22.2 Å². The van der Waals surface area contributed by atoms with Crippen LogP contribution >= 0.6 is 0 Å². The van der Waals surface area contributed by atoms with E-state index in [2.05, 4.69) is 75.6 Å². The van der Waals surface area contributed by atoms with Gasteiger partial charge in [0.2, 0.25) is 0 Å². The largest absolute Gasteiger partial charge is 0.392 e. The molecule has 2 fully saturated rings. The van der Waals surface area contributed by atoms with Gasteiger partial charge in [0.25, 0.3) is 5.91 Å². The van der Waals surface area contributed by atoms with E-state index in [0.717, 1.165) is 71.7 Å². The lowest BCUT2D eigenvalue weighted by atomic mass is 9.90. The summed E-state index contributed by atoms with van der Waals surface area (Å²) in [4.78, 5) is 24.1. The van der Waals surface area contributed by atoms with Gasteiger partial charge in [-0.3, -0.25) is 14.7 Å². The Hall–Kier alpha value is -4.51. The Morgan fingerprint density at radius 1 is 0.854 bits per heavy atom. The Kier molecular flexibility index (Phi) is 9.83. The number of para-hydroxylation sites is 2. The van der Waals surface area contributed by atoms with E-state index in [9.17, 15) is 9.90 Å². The van der Waals surface area contributed by atoms with Gasteiger partial charge < -0.3 is 24.6 Å². The van der Waals surface area contributed by atoms with Gasteiger partial charge in [0.05, 0.1) is 49.3 Å². The number of morpholine rings is 1. The molecule has 7 rings (SSSR count). The first kappa shape index (κ1) is 32.1. The van der Waals surface area contributed by atoms with Gasteiger partial charge in [-0.15, -0.1) is 0 Å². The van der Waals surface area contributed by atoms with Crippen molar-refractivity contribution in [2.75, 3.05) is 32.8 Å². The maximum atomic E-state index is 12.8. The minimum absolute atomic E-state index is 0.0111. The smallest absolute Gasteiger partial charge is 0.271 e. The van der Waals surface area contributed by atoms with Crippen molar-refractivity contribution in [1.82, 2.24) is 20.2 Å². The third kappa shape index (κ3) is 7.31. The van der Waals surface area contributed by atoms with Crippen molar-refractivity contribution in [2.45, 2.75) is 38.6 Å². The van der Waals surface area contributed by atoms with E-state index in [1.165, 1.54) is 6.20 Å². The molecule has 9 nitrogen and oxygen atoms in total. The van der Waals surface area contributed by atoms with Gasteiger partial charge in [-0.25, -0.2) is 4.98 Å². The quantitative estimate of drug-likeness (QED) is 0.206. The molecule has 2 aliphatic heterocycles. The first-order valence-corrected chi connectivity index (χ1v) is 16.5. The zero-order valence-corrected chi connectivity index (χ0v) is 27.0. The summed E-state index contributed by atoms with van der Waals surface area (Å²) in [6.45, 7) is 6.64. The lowest BCUT2D eigenvalue weighted by Gasteiger charge is -2.43. The van der Waals surface area contributed by atoms with Gasteiger partial charge in [-0.1, -0.05) is 85.8 Å². The highest BCUT2D eigenvalue weighted by Crippen LogP contribution is 2.42. The van der Waals surface area contributed by atoms with Gasteiger partial charge >= 0.3 is 0 Å². The lowest BCUT2D eigenvalue weighted by Crippen LogP contribution is -2.47. The molecule has 1 aromatic heterocycles. The standard InChI is InChI=1S/C39H40N4O5/c1-26-36(24-43-17-19-46-20-18-43)47-39(48-37(26)30-11-9-27(25-44)10-12-30)31-15-13-29(14-16-31)32-6-4-5-28(21-32)22-41-38(45)35-23-40-33-7-2-3-8-34(33)42-35/h2-16,21,23,26,36-37,39,44H,17-20,22,24-25H2,1H3,(H,41,45)/t26-,36+,37+,39+/m0/s1. The summed E-state index contributed by atoms with van der Waals surface area (Å²) >= 11 is 0. The number of carbonyl (C=O) groups is 1. The minimum Gasteiger partial charge on any atom is -0.392 e. The summed E-state index contributed by atoms with van der Waals surface area (Å²) < 4.78 is 18.9. The van der Waals surface area contributed by atoms with Gasteiger partial charge in [-0.05, 0) is 46.0 Å². The Morgan fingerprint density at radius 2 is 1.60 bits per heavy atom. The number of nitrogens with zero attached hydrogens (tertiary/aromatic N) is 3. The predicted octanol–water partition coefficient (Wildman–Crippen LogP) is 5.84. The van der Waals surface area contributed by atoms with Crippen LogP contribution in [0.2, 0.25) is 0 Å². The lowest BCUT2D eigenvalue weighted by molar-refractivity contribution is -0.277. The number of nitrogens with one attached hydrogen (secondary N) is 1. The average molecular weight is 645 g/mol. The molecule has 0 bridgehead atoms. The van der Waals surface area contributed by atoms with Crippen LogP contribution in [0.1, 0.15) is 52.1 Å². The van der Waals surface area contributed by atoms with E-state index >= 15 is 0 Å². The molecule has 2 aliphatic rings. The summed E-state index contributed by atoms with van der Waals surface area (Å²) in [6, 6.07) is 32.0. The van der Waals surface area contributed by atoms with E-state index in [4.69, 9.17) is 14.2 Å². The van der Waals surface area contributed by atoms with E-state index < -0.39 is 6.29 Å². The molecule has 0 radical (unpaired) electrons. The third-order valence-electron chi connectivity index (χ3n) is 9.24. The van der Waals surface area contributed by atoms with Crippen molar-refractivity contribution >= 4 is 16.9 Å². The number of rotatable bonds is 9.